The molecule has 0 spiro atoms. The predicted molar refractivity (Wildman–Crippen MR) is 80.1 cm³/mol. The molecule has 2 rings (SSSR count). The standard InChI is InChI=1S/C13H15ClINO2/c1-18-13(5-2-6-13)8-16-12(17)10-7-9(14)3-4-11(10)15/h3-4,7H,2,5-6,8H2,1H3,(H,16,17). The fourth-order valence-corrected chi connectivity index (χ4v) is 2.78. The molecule has 1 aromatic rings. The summed E-state index contributed by atoms with van der Waals surface area (Å²) in [5.41, 5.74) is 0.466. The monoisotopic (exact) mass is 379 g/mol. The summed E-state index contributed by atoms with van der Waals surface area (Å²) < 4.78 is 6.37. The predicted octanol–water partition coefficient (Wildman–Crippen LogP) is 3.24. The highest BCUT2D eigenvalue weighted by Crippen LogP contribution is 2.34. The number of hydrogen-bond acceptors (Lipinski definition) is 2. The molecule has 1 aromatic carbocycles. The molecule has 3 nitrogen and oxygen atoms in total. The van der Waals surface area contributed by atoms with Gasteiger partial charge in [-0.2, -0.15) is 0 Å². The van der Waals surface area contributed by atoms with Gasteiger partial charge in [0, 0.05) is 22.2 Å². The highest BCUT2D eigenvalue weighted by Gasteiger charge is 2.37. The Hall–Kier alpha value is -0.330. The van der Waals surface area contributed by atoms with Crippen molar-refractivity contribution in [2.45, 2.75) is 24.9 Å². The largest absolute Gasteiger partial charge is 0.376 e. The molecule has 98 valence electrons. The number of carbonyl (C=O) groups excluding carboxylic acids is 1. The van der Waals surface area contributed by atoms with Gasteiger partial charge in [-0.15, -0.1) is 0 Å². The first-order chi connectivity index (χ1) is 8.56. The molecule has 0 atom stereocenters. The SMILES string of the molecule is COC1(CNC(=O)c2cc(Cl)ccc2I)CCC1. The van der Waals surface area contributed by atoms with E-state index in [0.29, 0.717) is 17.1 Å². The van der Waals surface area contributed by atoms with Gasteiger partial charge in [-0.25, -0.2) is 0 Å². The second kappa shape index (κ2) is 5.75. The maximum atomic E-state index is 12.1. The number of ether oxygens (including phenoxy) is 1. The van der Waals surface area contributed by atoms with Crippen LogP contribution in [0.2, 0.25) is 5.02 Å². The van der Waals surface area contributed by atoms with E-state index in [4.69, 9.17) is 16.3 Å². The maximum absolute atomic E-state index is 12.1. The van der Waals surface area contributed by atoms with Crippen LogP contribution in [0.4, 0.5) is 0 Å². The number of methoxy groups -OCH3 is 1. The van der Waals surface area contributed by atoms with Crippen LogP contribution in [0.3, 0.4) is 0 Å². The molecular weight excluding hydrogens is 365 g/mol. The van der Waals surface area contributed by atoms with Crippen LogP contribution in [0.5, 0.6) is 0 Å². The first kappa shape index (κ1) is 14.1. The summed E-state index contributed by atoms with van der Waals surface area (Å²) in [5.74, 6) is -0.0924. The molecule has 0 aromatic heterocycles. The number of halogens is 2. The Morgan fingerprint density at radius 1 is 1.56 bits per heavy atom. The van der Waals surface area contributed by atoms with Crippen molar-refractivity contribution in [1.29, 1.82) is 0 Å². The first-order valence-electron chi connectivity index (χ1n) is 5.85. The molecule has 1 saturated carbocycles. The Kier molecular flexibility index (Phi) is 4.50. The quantitative estimate of drug-likeness (QED) is 0.816. The number of rotatable bonds is 4. The van der Waals surface area contributed by atoms with Gasteiger partial charge in [-0.05, 0) is 60.1 Å². The van der Waals surface area contributed by atoms with E-state index in [0.717, 1.165) is 16.4 Å². The molecule has 1 fully saturated rings. The molecule has 1 aliphatic carbocycles. The van der Waals surface area contributed by atoms with Crippen LogP contribution in [0.25, 0.3) is 0 Å². The van der Waals surface area contributed by atoms with Gasteiger partial charge >= 0.3 is 0 Å². The van der Waals surface area contributed by atoms with E-state index in [1.807, 2.05) is 6.07 Å². The zero-order chi connectivity index (χ0) is 13.2. The molecule has 5 heteroatoms. The summed E-state index contributed by atoms with van der Waals surface area (Å²) in [6.45, 7) is 0.560. The molecule has 0 radical (unpaired) electrons. The highest BCUT2D eigenvalue weighted by atomic mass is 127. The molecule has 18 heavy (non-hydrogen) atoms. The van der Waals surface area contributed by atoms with E-state index in [9.17, 15) is 4.79 Å². The molecule has 0 heterocycles. The van der Waals surface area contributed by atoms with Crippen molar-refractivity contribution in [1.82, 2.24) is 5.32 Å². The zero-order valence-electron chi connectivity index (χ0n) is 10.1. The molecule has 0 unspecified atom stereocenters. The van der Waals surface area contributed by atoms with Crippen molar-refractivity contribution in [3.63, 3.8) is 0 Å². The van der Waals surface area contributed by atoms with Gasteiger partial charge in [0.15, 0.2) is 0 Å². The normalized spacial score (nSPS) is 17.1. The third-order valence-corrected chi connectivity index (χ3v) is 4.62. The Morgan fingerprint density at radius 3 is 2.83 bits per heavy atom. The fraction of sp³-hybridized carbons (Fsp3) is 0.462. The lowest BCUT2D eigenvalue weighted by Gasteiger charge is -2.40. The Balaban J connectivity index is 2.01. The lowest BCUT2D eigenvalue weighted by Crippen LogP contribution is -2.49. The van der Waals surface area contributed by atoms with E-state index in [1.54, 1.807) is 19.2 Å². The van der Waals surface area contributed by atoms with E-state index in [-0.39, 0.29) is 11.5 Å². The van der Waals surface area contributed by atoms with Crippen molar-refractivity contribution in [2.24, 2.45) is 0 Å². The van der Waals surface area contributed by atoms with Crippen LogP contribution in [-0.2, 0) is 4.74 Å². The maximum Gasteiger partial charge on any atom is 0.252 e. The zero-order valence-corrected chi connectivity index (χ0v) is 13.0. The summed E-state index contributed by atoms with van der Waals surface area (Å²) in [6, 6.07) is 5.31. The van der Waals surface area contributed by atoms with Crippen LogP contribution in [-0.4, -0.2) is 25.2 Å². The number of hydrogen-bond donors (Lipinski definition) is 1. The minimum atomic E-state index is -0.153. The minimum Gasteiger partial charge on any atom is -0.376 e. The van der Waals surface area contributed by atoms with Gasteiger partial charge < -0.3 is 10.1 Å². The second-order valence-corrected chi connectivity index (χ2v) is 6.15. The summed E-state index contributed by atoms with van der Waals surface area (Å²) in [7, 11) is 1.70. The highest BCUT2D eigenvalue weighted by molar-refractivity contribution is 14.1. The molecular formula is C13H15ClINO2. The number of carbonyl (C=O) groups is 1. The average Bonchev–Trinajstić information content (AvgIpc) is 2.31. The number of amides is 1. The first-order valence-corrected chi connectivity index (χ1v) is 7.30. The summed E-state index contributed by atoms with van der Waals surface area (Å²) in [5, 5.41) is 3.51. The van der Waals surface area contributed by atoms with Crippen molar-refractivity contribution in [2.75, 3.05) is 13.7 Å². The molecule has 1 N–H and O–H groups in total. The third kappa shape index (κ3) is 2.97. The number of nitrogens with one attached hydrogen (secondary N) is 1. The lowest BCUT2D eigenvalue weighted by molar-refractivity contribution is -0.0679. The van der Waals surface area contributed by atoms with E-state index < -0.39 is 0 Å². The molecule has 0 bridgehead atoms. The van der Waals surface area contributed by atoms with Gasteiger partial charge in [0.05, 0.1) is 11.2 Å². The van der Waals surface area contributed by atoms with E-state index in [1.165, 1.54) is 6.42 Å². The average molecular weight is 380 g/mol. The topological polar surface area (TPSA) is 38.3 Å². The van der Waals surface area contributed by atoms with Gasteiger partial charge in [0.25, 0.3) is 5.91 Å². The molecule has 0 saturated heterocycles. The fourth-order valence-electron chi connectivity index (χ4n) is 2.03. The van der Waals surface area contributed by atoms with Gasteiger partial charge in [0.2, 0.25) is 0 Å². The van der Waals surface area contributed by atoms with E-state index >= 15 is 0 Å². The van der Waals surface area contributed by atoms with Crippen molar-refractivity contribution in [3.05, 3.63) is 32.4 Å². The van der Waals surface area contributed by atoms with Crippen LogP contribution < -0.4 is 5.32 Å². The Morgan fingerprint density at radius 2 is 2.28 bits per heavy atom. The smallest absolute Gasteiger partial charge is 0.252 e. The van der Waals surface area contributed by atoms with Crippen molar-refractivity contribution >= 4 is 40.1 Å². The summed E-state index contributed by atoms with van der Waals surface area (Å²) in [4.78, 5) is 12.1. The number of benzene rings is 1. The Labute approximate surface area is 125 Å². The summed E-state index contributed by atoms with van der Waals surface area (Å²) in [6.07, 6.45) is 3.19. The Bertz CT molecular complexity index is 455. The summed E-state index contributed by atoms with van der Waals surface area (Å²) >= 11 is 8.04. The molecule has 0 aliphatic heterocycles. The van der Waals surface area contributed by atoms with Gasteiger partial charge in [0.1, 0.15) is 0 Å². The lowest BCUT2D eigenvalue weighted by atomic mass is 9.80. The van der Waals surface area contributed by atoms with Crippen LogP contribution in [0.15, 0.2) is 18.2 Å². The van der Waals surface area contributed by atoms with Crippen LogP contribution >= 0.6 is 34.2 Å². The third-order valence-electron chi connectivity index (χ3n) is 3.44. The van der Waals surface area contributed by atoms with E-state index in [2.05, 4.69) is 27.9 Å². The second-order valence-electron chi connectivity index (χ2n) is 4.55. The molecule has 1 amide bonds. The minimum absolute atomic E-state index is 0.0924. The van der Waals surface area contributed by atoms with Gasteiger partial charge in [-0.3, -0.25) is 4.79 Å². The van der Waals surface area contributed by atoms with Crippen LogP contribution in [0, 0.1) is 3.57 Å². The molecule has 1 aliphatic rings. The van der Waals surface area contributed by atoms with Gasteiger partial charge in [-0.1, -0.05) is 11.6 Å². The van der Waals surface area contributed by atoms with Crippen LogP contribution in [0.1, 0.15) is 29.6 Å². The van der Waals surface area contributed by atoms with Crippen molar-refractivity contribution < 1.29 is 9.53 Å². The van der Waals surface area contributed by atoms with Crippen molar-refractivity contribution in [3.8, 4) is 0 Å².